The SMILES string of the molecule is COc1ccc(NC(=S)Nc2ccc(/C(C)=N/NC(=O)Nc3ccccc3)cc2)cc1. The van der Waals surface area contributed by atoms with E-state index in [0.717, 1.165) is 22.7 Å². The van der Waals surface area contributed by atoms with Gasteiger partial charge in [0.05, 0.1) is 12.8 Å². The Labute approximate surface area is 186 Å². The van der Waals surface area contributed by atoms with Crippen LogP contribution in [0.2, 0.25) is 0 Å². The molecule has 0 radical (unpaired) electrons. The summed E-state index contributed by atoms with van der Waals surface area (Å²) in [5.74, 6) is 0.782. The van der Waals surface area contributed by atoms with Gasteiger partial charge in [0.15, 0.2) is 5.11 Å². The van der Waals surface area contributed by atoms with Gasteiger partial charge < -0.3 is 20.7 Å². The minimum Gasteiger partial charge on any atom is -0.497 e. The molecule has 3 rings (SSSR count). The molecule has 0 aliphatic rings. The van der Waals surface area contributed by atoms with Gasteiger partial charge in [-0.25, -0.2) is 10.2 Å². The van der Waals surface area contributed by atoms with Crippen LogP contribution in [0.5, 0.6) is 5.75 Å². The largest absolute Gasteiger partial charge is 0.497 e. The van der Waals surface area contributed by atoms with Crippen molar-refractivity contribution in [2.75, 3.05) is 23.1 Å². The fourth-order valence-corrected chi connectivity index (χ4v) is 2.88. The van der Waals surface area contributed by atoms with Crippen molar-refractivity contribution in [3.05, 3.63) is 84.4 Å². The Kier molecular flexibility index (Phi) is 7.56. The van der Waals surface area contributed by atoms with Crippen molar-refractivity contribution in [1.29, 1.82) is 0 Å². The number of hydrogen-bond acceptors (Lipinski definition) is 4. The first kappa shape index (κ1) is 21.8. The van der Waals surface area contributed by atoms with Gasteiger partial charge in [0.2, 0.25) is 0 Å². The fraction of sp³-hybridized carbons (Fsp3) is 0.0870. The zero-order valence-corrected chi connectivity index (χ0v) is 18.0. The number of amides is 2. The zero-order chi connectivity index (χ0) is 22.1. The maximum atomic E-state index is 11.9. The molecule has 0 fully saturated rings. The van der Waals surface area contributed by atoms with Gasteiger partial charge in [-0.3, -0.25) is 0 Å². The van der Waals surface area contributed by atoms with E-state index in [0.29, 0.717) is 16.5 Å². The molecule has 0 unspecified atom stereocenters. The number of nitrogens with zero attached hydrogens (tertiary/aromatic N) is 1. The Balaban J connectivity index is 1.51. The van der Waals surface area contributed by atoms with Crippen molar-refractivity contribution in [2.45, 2.75) is 6.92 Å². The van der Waals surface area contributed by atoms with E-state index in [4.69, 9.17) is 17.0 Å². The summed E-state index contributed by atoms with van der Waals surface area (Å²) in [4.78, 5) is 11.9. The van der Waals surface area contributed by atoms with Crippen LogP contribution in [-0.4, -0.2) is 24.0 Å². The average molecular weight is 434 g/mol. The topological polar surface area (TPSA) is 86.8 Å². The lowest BCUT2D eigenvalue weighted by Gasteiger charge is -2.11. The number of benzene rings is 3. The predicted octanol–water partition coefficient (Wildman–Crippen LogP) is 5.05. The molecule has 2 amide bonds. The maximum absolute atomic E-state index is 11.9. The number of hydrazone groups is 1. The molecular weight excluding hydrogens is 410 g/mol. The van der Waals surface area contributed by atoms with Crippen molar-refractivity contribution in [2.24, 2.45) is 5.10 Å². The lowest BCUT2D eigenvalue weighted by atomic mass is 10.1. The number of nitrogens with one attached hydrogen (secondary N) is 4. The summed E-state index contributed by atoms with van der Waals surface area (Å²) in [6, 6.07) is 23.8. The second-order valence-corrected chi connectivity index (χ2v) is 6.92. The number of thiocarbonyl (C=S) groups is 1. The second-order valence-electron chi connectivity index (χ2n) is 6.51. The summed E-state index contributed by atoms with van der Waals surface area (Å²) in [5.41, 5.74) is 6.43. The number of para-hydroxylation sites is 1. The molecule has 31 heavy (non-hydrogen) atoms. The standard InChI is InChI=1S/C23H23N5O2S/c1-16(27-28-22(29)24-18-6-4-3-5-7-18)17-8-10-19(11-9-17)25-23(31)26-20-12-14-21(30-2)15-13-20/h3-15H,1-2H3,(H2,24,28,29)(H2,25,26,31)/b27-16+. The van der Waals surface area contributed by atoms with Crippen molar-refractivity contribution in [3.63, 3.8) is 0 Å². The molecule has 7 nitrogen and oxygen atoms in total. The Morgan fingerprint density at radius 2 is 1.35 bits per heavy atom. The number of rotatable bonds is 6. The molecule has 0 spiro atoms. The van der Waals surface area contributed by atoms with Crippen LogP contribution in [0.4, 0.5) is 21.9 Å². The van der Waals surface area contributed by atoms with Crippen LogP contribution in [0.3, 0.4) is 0 Å². The van der Waals surface area contributed by atoms with E-state index >= 15 is 0 Å². The van der Waals surface area contributed by atoms with Crippen LogP contribution in [0.1, 0.15) is 12.5 Å². The molecule has 3 aromatic carbocycles. The number of ether oxygens (including phenoxy) is 1. The van der Waals surface area contributed by atoms with Gasteiger partial charge in [-0.05, 0) is 73.2 Å². The van der Waals surface area contributed by atoms with Crippen LogP contribution >= 0.6 is 12.2 Å². The highest BCUT2D eigenvalue weighted by Crippen LogP contribution is 2.16. The van der Waals surface area contributed by atoms with Crippen molar-refractivity contribution >= 4 is 46.1 Å². The van der Waals surface area contributed by atoms with Gasteiger partial charge in [0, 0.05) is 17.1 Å². The lowest BCUT2D eigenvalue weighted by Crippen LogP contribution is -2.25. The van der Waals surface area contributed by atoms with E-state index < -0.39 is 6.03 Å². The number of urea groups is 1. The van der Waals surface area contributed by atoms with Gasteiger partial charge in [0.1, 0.15) is 5.75 Å². The third-order valence-electron chi connectivity index (χ3n) is 4.27. The fourth-order valence-electron chi connectivity index (χ4n) is 2.64. The zero-order valence-electron chi connectivity index (χ0n) is 17.2. The van der Waals surface area contributed by atoms with E-state index in [9.17, 15) is 4.79 Å². The number of hydrogen-bond donors (Lipinski definition) is 4. The second kappa shape index (κ2) is 10.7. The Bertz CT molecular complexity index is 1050. The molecule has 0 heterocycles. The number of carbonyl (C=O) groups is 1. The first-order valence-corrected chi connectivity index (χ1v) is 9.93. The minimum absolute atomic E-state index is 0.404. The molecule has 0 saturated carbocycles. The smallest absolute Gasteiger partial charge is 0.339 e. The van der Waals surface area contributed by atoms with E-state index in [1.165, 1.54) is 0 Å². The van der Waals surface area contributed by atoms with Crippen molar-refractivity contribution in [3.8, 4) is 5.75 Å². The minimum atomic E-state index is -0.404. The van der Waals surface area contributed by atoms with Gasteiger partial charge in [-0.15, -0.1) is 0 Å². The number of carbonyl (C=O) groups excluding carboxylic acids is 1. The van der Waals surface area contributed by atoms with Crippen LogP contribution in [0.25, 0.3) is 0 Å². The molecular formula is C23H23N5O2S. The lowest BCUT2D eigenvalue weighted by molar-refractivity contribution is 0.252. The Morgan fingerprint density at radius 1 is 0.806 bits per heavy atom. The van der Waals surface area contributed by atoms with Crippen molar-refractivity contribution in [1.82, 2.24) is 5.43 Å². The molecule has 0 saturated heterocycles. The normalized spacial score (nSPS) is 10.7. The van der Waals surface area contributed by atoms with Crippen LogP contribution in [0, 0.1) is 0 Å². The van der Waals surface area contributed by atoms with Gasteiger partial charge >= 0.3 is 6.03 Å². The van der Waals surface area contributed by atoms with Crippen molar-refractivity contribution < 1.29 is 9.53 Å². The Morgan fingerprint density at radius 3 is 1.94 bits per heavy atom. The average Bonchev–Trinajstić information content (AvgIpc) is 2.79. The molecule has 0 aliphatic heterocycles. The van der Waals surface area contributed by atoms with Gasteiger partial charge in [0.25, 0.3) is 0 Å². The summed E-state index contributed by atoms with van der Waals surface area (Å²) in [6.07, 6.45) is 0. The summed E-state index contributed by atoms with van der Waals surface area (Å²) in [6.45, 7) is 1.82. The molecule has 158 valence electrons. The van der Waals surface area contributed by atoms with Gasteiger partial charge in [-0.1, -0.05) is 30.3 Å². The van der Waals surface area contributed by atoms with E-state index in [1.54, 1.807) is 19.2 Å². The van der Waals surface area contributed by atoms with Crippen LogP contribution < -0.4 is 26.1 Å². The molecule has 3 aromatic rings. The summed E-state index contributed by atoms with van der Waals surface area (Å²) < 4.78 is 5.14. The number of methoxy groups -OCH3 is 1. The predicted molar refractivity (Wildman–Crippen MR) is 130 cm³/mol. The summed E-state index contributed by atoms with van der Waals surface area (Å²) in [7, 11) is 1.63. The Hall–Kier alpha value is -3.91. The maximum Gasteiger partial charge on any atom is 0.339 e. The highest BCUT2D eigenvalue weighted by atomic mass is 32.1. The third-order valence-corrected chi connectivity index (χ3v) is 4.47. The summed E-state index contributed by atoms with van der Waals surface area (Å²) >= 11 is 5.36. The first-order chi connectivity index (χ1) is 15.0. The van der Waals surface area contributed by atoms with E-state index in [1.807, 2.05) is 73.7 Å². The van der Waals surface area contributed by atoms with Crippen LogP contribution in [-0.2, 0) is 0 Å². The molecule has 8 heteroatoms. The quantitative estimate of drug-likeness (QED) is 0.248. The summed E-state index contributed by atoms with van der Waals surface area (Å²) in [5, 5.41) is 13.6. The highest BCUT2D eigenvalue weighted by Gasteiger charge is 2.03. The third kappa shape index (κ3) is 6.83. The number of anilines is 3. The van der Waals surface area contributed by atoms with Gasteiger partial charge in [-0.2, -0.15) is 5.10 Å². The molecule has 0 aromatic heterocycles. The molecule has 4 N–H and O–H groups in total. The molecule has 0 atom stereocenters. The first-order valence-electron chi connectivity index (χ1n) is 9.52. The monoisotopic (exact) mass is 433 g/mol. The molecule has 0 bridgehead atoms. The molecule has 0 aliphatic carbocycles. The van der Waals surface area contributed by atoms with Crippen LogP contribution in [0.15, 0.2) is 84.0 Å². The highest BCUT2D eigenvalue weighted by molar-refractivity contribution is 7.80. The van der Waals surface area contributed by atoms with E-state index in [-0.39, 0.29) is 0 Å². The van der Waals surface area contributed by atoms with E-state index in [2.05, 4.69) is 26.5 Å².